The molecule has 0 saturated carbocycles. The van der Waals surface area contributed by atoms with Crippen molar-refractivity contribution in [1.82, 2.24) is 25.2 Å². The van der Waals surface area contributed by atoms with Crippen LogP contribution in [-0.4, -0.2) is 44.4 Å². The summed E-state index contributed by atoms with van der Waals surface area (Å²) in [7, 11) is 0. The van der Waals surface area contributed by atoms with Gasteiger partial charge in [0.1, 0.15) is 5.75 Å². The molecule has 0 atom stereocenters. The van der Waals surface area contributed by atoms with Gasteiger partial charge in [0.15, 0.2) is 5.82 Å². The highest BCUT2D eigenvalue weighted by atomic mass is 16.5. The Morgan fingerprint density at radius 3 is 2.60 bits per heavy atom. The van der Waals surface area contributed by atoms with Gasteiger partial charge >= 0.3 is 5.97 Å². The lowest BCUT2D eigenvalue weighted by Gasteiger charge is -2.07. The monoisotopic (exact) mass is 563 g/mol. The number of nitrogens with zero attached hydrogens (tertiary/aromatic N) is 4. The largest absolute Gasteiger partial charge is 0.494 e. The number of unbranched alkanes of at least 4 members (excludes halogenated alkanes) is 1. The van der Waals surface area contributed by atoms with Crippen molar-refractivity contribution in [3.8, 4) is 5.75 Å². The summed E-state index contributed by atoms with van der Waals surface area (Å²) in [5, 5.41) is 15.6. The molecule has 0 aliphatic heterocycles. The number of aromatic nitrogens is 5. The third-order valence-corrected chi connectivity index (χ3v) is 7.16. The molecule has 3 aromatic carbocycles. The molecular formula is C34H37N5O3. The van der Waals surface area contributed by atoms with Crippen molar-refractivity contribution < 1.29 is 14.3 Å². The van der Waals surface area contributed by atoms with Crippen LogP contribution in [0.3, 0.4) is 0 Å². The third-order valence-electron chi connectivity index (χ3n) is 7.16. The molecule has 42 heavy (non-hydrogen) atoms. The molecule has 2 aromatic heterocycles. The Hall–Kier alpha value is -4.72. The van der Waals surface area contributed by atoms with Crippen LogP contribution in [0.1, 0.15) is 60.7 Å². The summed E-state index contributed by atoms with van der Waals surface area (Å²) in [6, 6.07) is 25.1. The maximum Gasteiger partial charge on any atom is 0.305 e. The van der Waals surface area contributed by atoms with E-state index in [-0.39, 0.29) is 5.97 Å². The fraction of sp³-hybridized carbons (Fsp3) is 0.294. The predicted molar refractivity (Wildman–Crippen MR) is 165 cm³/mol. The minimum atomic E-state index is -0.162. The third kappa shape index (κ3) is 7.94. The zero-order valence-electron chi connectivity index (χ0n) is 24.0. The second kappa shape index (κ2) is 14.8. The number of fused-ring (bicyclic) bond motifs is 1. The van der Waals surface area contributed by atoms with E-state index in [2.05, 4.69) is 104 Å². The molecule has 0 spiro atoms. The molecule has 0 aliphatic carbocycles. The molecule has 0 unspecified atom stereocenters. The van der Waals surface area contributed by atoms with E-state index in [0.717, 1.165) is 52.6 Å². The van der Waals surface area contributed by atoms with Gasteiger partial charge in [-0.3, -0.25) is 4.79 Å². The Balaban J connectivity index is 1.24. The van der Waals surface area contributed by atoms with Crippen molar-refractivity contribution in [2.75, 3.05) is 13.2 Å². The van der Waals surface area contributed by atoms with Crippen LogP contribution in [0.25, 0.3) is 23.1 Å². The molecule has 0 radical (unpaired) electrons. The number of carbonyl (C=O) groups excluding carboxylic acids is 1. The molecule has 0 amide bonds. The molecule has 8 heteroatoms. The molecular weight excluding hydrogens is 526 g/mol. The Kier molecular flexibility index (Phi) is 10.1. The molecule has 0 saturated heterocycles. The molecule has 5 rings (SSSR count). The van der Waals surface area contributed by atoms with Crippen LogP contribution in [0.15, 0.2) is 79.0 Å². The molecule has 216 valence electrons. The number of carbonyl (C=O) groups is 1. The fourth-order valence-electron chi connectivity index (χ4n) is 5.11. The van der Waals surface area contributed by atoms with Gasteiger partial charge in [-0.1, -0.05) is 66.7 Å². The van der Waals surface area contributed by atoms with Gasteiger partial charge in [-0.2, -0.15) is 0 Å². The number of tetrazole rings is 1. The Bertz CT molecular complexity index is 1580. The number of benzene rings is 3. The van der Waals surface area contributed by atoms with E-state index < -0.39 is 0 Å². The van der Waals surface area contributed by atoms with Crippen molar-refractivity contribution in [3.63, 3.8) is 0 Å². The smallest absolute Gasteiger partial charge is 0.305 e. The number of nitrogens with one attached hydrogen (secondary N) is 1. The fourth-order valence-corrected chi connectivity index (χ4v) is 5.11. The summed E-state index contributed by atoms with van der Waals surface area (Å²) in [5.74, 6) is 1.43. The maximum atomic E-state index is 11.9. The number of hydrogen-bond acceptors (Lipinski definition) is 6. The van der Waals surface area contributed by atoms with Crippen LogP contribution >= 0.6 is 0 Å². The van der Waals surface area contributed by atoms with Crippen molar-refractivity contribution in [1.29, 1.82) is 0 Å². The van der Waals surface area contributed by atoms with E-state index in [1.165, 1.54) is 5.56 Å². The normalized spacial score (nSPS) is 11.4. The Morgan fingerprint density at radius 1 is 0.952 bits per heavy atom. The van der Waals surface area contributed by atoms with Crippen LogP contribution in [0, 0.1) is 0 Å². The van der Waals surface area contributed by atoms with E-state index in [1.54, 1.807) is 0 Å². The highest BCUT2D eigenvalue weighted by Gasteiger charge is 2.14. The minimum Gasteiger partial charge on any atom is -0.494 e. The van der Waals surface area contributed by atoms with Crippen molar-refractivity contribution >= 4 is 29.0 Å². The molecule has 1 N–H and O–H groups in total. The highest BCUT2D eigenvalue weighted by molar-refractivity contribution is 5.94. The summed E-state index contributed by atoms with van der Waals surface area (Å²) < 4.78 is 13.3. The summed E-state index contributed by atoms with van der Waals surface area (Å²) in [6.45, 7) is 3.66. The van der Waals surface area contributed by atoms with Gasteiger partial charge in [-0.15, -0.1) is 5.10 Å². The summed E-state index contributed by atoms with van der Waals surface area (Å²) in [6.07, 6.45) is 11.3. The first-order chi connectivity index (χ1) is 20.7. The number of aromatic amines is 1. The molecule has 0 aliphatic rings. The molecule has 8 nitrogen and oxygen atoms in total. The van der Waals surface area contributed by atoms with Crippen molar-refractivity contribution in [3.05, 3.63) is 107 Å². The average Bonchev–Trinajstić information content (AvgIpc) is 3.66. The number of ether oxygens (including phenoxy) is 2. The second-order valence-corrected chi connectivity index (χ2v) is 10.2. The lowest BCUT2D eigenvalue weighted by Crippen LogP contribution is -2.06. The Labute approximate surface area is 246 Å². The Morgan fingerprint density at radius 2 is 1.81 bits per heavy atom. The van der Waals surface area contributed by atoms with Gasteiger partial charge in [0.25, 0.3) is 0 Å². The van der Waals surface area contributed by atoms with Gasteiger partial charge in [-0.05, 0) is 83.5 Å². The van der Waals surface area contributed by atoms with Gasteiger partial charge in [-0.25, -0.2) is 5.10 Å². The van der Waals surface area contributed by atoms with Gasteiger partial charge in [0.2, 0.25) is 0 Å². The van der Waals surface area contributed by atoms with E-state index in [9.17, 15) is 4.79 Å². The predicted octanol–water partition coefficient (Wildman–Crippen LogP) is 6.66. The zero-order valence-corrected chi connectivity index (χ0v) is 24.0. The van der Waals surface area contributed by atoms with Crippen molar-refractivity contribution in [2.45, 2.75) is 52.0 Å². The average molecular weight is 564 g/mol. The lowest BCUT2D eigenvalue weighted by atomic mass is 10.0. The number of hydrogen-bond donors (Lipinski definition) is 1. The second-order valence-electron chi connectivity index (χ2n) is 10.2. The van der Waals surface area contributed by atoms with Crippen LogP contribution < -0.4 is 4.74 Å². The molecule has 5 aromatic rings. The van der Waals surface area contributed by atoms with Crippen molar-refractivity contribution in [2.24, 2.45) is 0 Å². The summed E-state index contributed by atoms with van der Waals surface area (Å²) in [4.78, 5) is 11.9. The number of H-pyrrole nitrogens is 1. The standard InChI is InChI=1S/C34H37N5O3/c1-2-41-33(40)15-9-22-39-25-29(24-32-35-37-38-36-32)34-28(13-8-14-31(34)39)19-16-27-17-20-30(21-18-27)42-23-7-6-12-26-10-4-3-5-11-26/h3-5,8,10-11,13-14,16-21,25H,2,6-7,9,12,15,22-24H2,1H3,(H,35,36,37,38)/b19-16+. The zero-order chi connectivity index (χ0) is 29.0. The van der Waals surface area contributed by atoms with Crippen LogP contribution in [-0.2, 0) is 28.9 Å². The lowest BCUT2D eigenvalue weighted by molar-refractivity contribution is -0.143. The maximum absolute atomic E-state index is 11.9. The van der Waals surface area contributed by atoms with E-state index in [4.69, 9.17) is 9.47 Å². The summed E-state index contributed by atoms with van der Waals surface area (Å²) >= 11 is 0. The number of esters is 1. The van der Waals surface area contributed by atoms with E-state index in [1.807, 2.05) is 19.1 Å². The van der Waals surface area contributed by atoms with Crippen LogP contribution in [0.5, 0.6) is 5.75 Å². The summed E-state index contributed by atoms with van der Waals surface area (Å²) in [5.41, 5.74) is 5.81. The number of rotatable bonds is 15. The van der Waals surface area contributed by atoms with Gasteiger partial charge < -0.3 is 14.0 Å². The molecule has 2 heterocycles. The van der Waals surface area contributed by atoms with Gasteiger partial charge in [0, 0.05) is 36.5 Å². The first-order valence-corrected chi connectivity index (χ1v) is 14.6. The SMILES string of the molecule is CCOC(=O)CCCn1cc(Cc2nnn[nH]2)c2c(/C=C/c3ccc(OCCCCc4ccccc4)cc3)cccc21. The number of aryl methyl sites for hydroxylation is 2. The van der Waals surface area contributed by atoms with E-state index in [0.29, 0.717) is 44.8 Å². The van der Waals surface area contributed by atoms with E-state index >= 15 is 0 Å². The molecule has 0 bridgehead atoms. The minimum absolute atomic E-state index is 0.162. The van der Waals surface area contributed by atoms with Gasteiger partial charge in [0.05, 0.1) is 13.2 Å². The quantitative estimate of drug-likeness (QED) is 0.0869. The molecule has 0 fully saturated rings. The first kappa shape index (κ1) is 28.8. The first-order valence-electron chi connectivity index (χ1n) is 14.6. The van der Waals surface area contributed by atoms with Crippen LogP contribution in [0.2, 0.25) is 0 Å². The topological polar surface area (TPSA) is 94.9 Å². The van der Waals surface area contributed by atoms with Crippen LogP contribution in [0.4, 0.5) is 0 Å². The highest BCUT2D eigenvalue weighted by Crippen LogP contribution is 2.29.